The Kier molecular flexibility index (Phi) is 4.88. The van der Waals surface area contributed by atoms with Crippen molar-refractivity contribution in [1.29, 1.82) is 0 Å². The molecule has 1 spiro atoms. The zero-order chi connectivity index (χ0) is 16.4. The van der Waals surface area contributed by atoms with Crippen LogP contribution in [0.4, 0.5) is 0 Å². The second-order valence-corrected chi connectivity index (χ2v) is 8.05. The quantitative estimate of drug-likeness (QED) is 0.829. The van der Waals surface area contributed by atoms with Crippen LogP contribution in [0, 0.1) is 12.8 Å². The summed E-state index contributed by atoms with van der Waals surface area (Å²) in [6, 6.07) is 6.13. The van der Waals surface area contributed by atoms with Crippen LogP contribution in [0.3, 0.4) is 0 Å². The minimum absolute atomic E-state index is 0.0710. The smallest absolute Gasteiger partial charge is 0.0959 e. The highest BCUT2D eigenvalue weighted by molar-refractivity contribution is 5.09. The number of likely N-dealkylation sites (tertiary alicyclic amines) is 1. The molecule has 4 nitrogen and oxygen atoms in total. The third-order valence-corrected chi connectivity index (χ3v) is 5.88. The number of rotatable bonds is 5. The van der Waals surface area contributed by atoms with Crippen molar-refractivity contribution >= 4 is 0 Å². The predicted molar refractivity (Wildman–Crippen MR) is 93.9 cm³/mol. The van der Waals surface area contributed by atoms with E-state index in [9.17, 15) is 0 Å². The summed E-state index contributed by atoms with van der Waals surface area (Å²) < 4.78 is 12.3. The number of nitrogens with zero attached hydrogens (tertiary/aromatic N) is 2. The fourth-order valence-corrected chi connectivity index (χ4v) is 4.68. The lowest BCUT2D eigenvalue weighted by molar-refractivity contribution is -0.200. The highest BCUT2D eigenvalue weighted by atomic mass is 16.5. The van der Waals surface area contributed by atoms with Gasteiger partial charge in [-0.1, -0.05) is 18.9 Å². The molecule has 1 aromatic rings. The number of aromatic nitrogens is 1. The van der Waals surface area contributed by atoms with E-state index in [4.69, 9.17) is 9.47 Å². The normalized spacial score (nSPS) is 27.5. The largest absolute Gasteiger partial charge is 0.372 e. The maximum atomic E-state index is 6.16. The average molecular weight is 330 g/mol. The lowest BCUT2D eigenvalue weighted by atomic mass is 9.84. The molecule has 0 N–H and O–H groups in total. The predicted octanol–water partition coefficient (Wildman–Crippen LogP) is 3.33. The minimum atomic E-state index is 0.0710. The standard InChI is InChI=1S/C20H30N2O2/c1-16-5-4-8-18(21-16)13-23-19-9-10-24-20(11-19)14-22(15-20)12-17-6-2-3-7-17/h4-5,8,17,19H,2-3,6-7,9-15H2,1H3/t19-/m0/s1. The molecule has 0 aromatic carbocycles. The Morgan fingerprint density at radius 2 is 2.08 bits per heavy atom. The first-order chi connectivity index (χ1) is 11.7. The Hall–Kier alpha value is -0.970. The van der Waals surface area contributed by atoms with Gasteiger partial charge >= 0.3 is 0 Å². The fraction of sp³-hybridized carbons (Fsp3) is 0.750. The molecule has 3 heterocycles. The van der Waals surface area contributed by atoms with Crippen molar-refractivity contribution in [2.45, 2.75) is 63.8 Å². The van der Waals surface area contributed by atoms with Gasteiger partial charge in [0, 0.05) is 38.4 Å². The molecular weight excluding hydrogens is 300 g/mol. The van der Waals surface area contributed by atoms with E-state index < -0.39 is 0 Å². The van der Waals surface area contributed by atoms with E-state index >= 15 is 0 Å². The highest BCUT2D eigenvalue weighted by Crippen LogP contribution is 2.37. The Labute approximate surface area is 145 Å². The number of pyridine rings is 1. The molecule has 0 bridgehead atoms. The van der Waals surface area contributed by atoms with Crippen LogP contribution in [0.15, 0.2) is 18.2 Å². The van der Waals surface area contributed by atoms with Crippen molar-refractivity contribution in [1.82, 2.24) is 9.88 Å². The van der Waals surface area contributed by atoms with Gasteiger partial charge in [-0.3, -0.25) is 9.88 Å². The number of aryl methyl sites for hydroxylation is 1. The first-order valence-corrected chi connectivity index (χ1v) is 9.61. The number of ether oxygens (including phenoxy) is 2. The van der Waals surface area contributed by atoms with Gasteiger partial charge in [0.05, 0.1) is 24.0 Å². The number of hydrogen-bond acceptors (Lipinski definition) is 4. The molecule has 3 aliphatic rings. The van der Waals surface area contributed by atoms with Gasteiger partial charge in [-0.25, -0.2) is 0 Å². The van der Waals surface area contributed by atoms with Crippen LogP contribution < -0.4 is 0 Å². The van der Waals surface area contributed by atoms with Gasteiger partial charge in [0.2, 0.25) is 0 Å². The number of hydrogen-bond donors (Lipinski definition) is 0. The molecule has 24 heavy (non-hydrogen) atoms. The van der Waals surface area contributed by atoms with Gasteiger partial charge in [-0.2, -0.15) is 0 Å². The van der Waals surface area contributed by atoms with Gasteiger partial charge in [-0.15, -0.1) is 0 Å². The molecule has 1 aliphatic carbocycles. The topological polar surface area (TPSA) is 34.6 Å². The van der Waals surface area contributed by atoms with E-state index in [0.29, 0.717) is 12.7 Å². The van der Waals surface area contributed by atoms with Crippen LogP contribution in [0.2, 0.25) is 0 Å². The minimum Gasteiger partial charge on any atom is -0.372 e. The lowest BCUT2D eigenvalue weighted by Crippen LogP contribution is -2.66. The molecule has 0 radical (unpaired) electrons. The molecule has 4 heteroatoms. The molecule has 2 saturated heterocycles. The van der Waals surface area contributed by atoms with Crippen LogP contribution in [-0.4, -0.2) is 47.8 Å². The van der Waals surface area contributed by atoms with Crippen molar-refractivity contribution < 1.29 is 9.47 Å². The SMILES string of the molecule is Cc1cccc(CO[C@H]2CCOC3(C2)CN(CC2CCCC2)C3)n1. The van der Waals surface area contributed by atoms with Gasteiger partial charge < -0.3 is 9.47 Å². The van der Waals surface area contributed by atoms with Crippen molar-refractivity contribution in [3.05, 3.63) is 29.6 Å². The summed E-state index contributed by atoms with van der Waals surface area (Å²) in [7, 11) is 0. The van der Waals surface area contributed by atoms with Gasteiger partial charge in [-0.05, 0) is 44.2 Å². The van der Waals surface area contributed by atoms with Crippen LogP contribution in [0.5, 0.6) is 0 Å². The summed E-state index contributed by atoms with van der Waals surface area (Å²) in [4.78, 5) is 7.13. The summed E-state index contributed by atoms with van der Waals surface area (Å²) >= 11 is 0. The lowest BCUT2D eigenvalue weighted by Gasteiger charge is -2.53. The second-order valence-electron chi connectivity index (χ2n) is 8.05. The summed E-state index contributed by atoms with van der Waals surface area (Å²) in [5.41, 5.74) is 2.16. The zero-order valence-electron chi connectivity index (χ0n) is 14.9. The summed E-state index contributed by atoms with van der Waals surface area (Å²) in [5.74, 6) is 0.936. The van der Waals surface area contributed by atoms with E-state index in [1.807, 2.05) is 13.0 Å². The molecular formula is C20H30N2O2. The second kappa shape index (κ2) is 7.11. The van der Waals surface area contributed by atoms with Gasteiger partial charge in [0.25, 0.3) is 0 Å². The first-order valence-electron chi connectivity index (χ1n) is 9.61. The molecule has 0 amide bonds. The van der Waals surface area contributed by atoms with E-state index in [2.05, 4.69) is 22.0 Å². The molecule has 132 valence electrons. The maximum Gasteiger partial charge on any atom is 0.0959 e. The highest BCUT2D eigenvalue weighted by Gasteiger charge is 2.48. The molecule has 1 aromatic heterocycles. The van der Waals surface area contributed by atoms with E-state index in [1.165, 1.54) is 32.2 Å². The van der Waals surface area contributed by atoms with Crippen molar-refractivity contribution in [3.8, 4) is 0 Å². The maximum absolute atomic E-state index is 6.16. The van der Waals surface area contributed by atoms with E-state index in [0.717, 1.165) is 49.8 Å². The van der Waals surface area contributed by atoms with Crippen LogP contribution >= 0.6 is 0 Å². The van der Waals surface area contributed by atoms with Crippen LogP contribution in [-0.2, 0) is 16.1 Å². The third kappa shape index (κ3) is 3.81. The summed E-state index contributed by atoms with van der Waals surface area (Å²) in [6.45, 7) is 6.97. The fourth-order valence-electron chi connectivity index (χ4n) is 4.68. The third-order valence-electron chi connectivity index (χ3n) is 5.88. The van der Waals surface area contributed by atoms with Gasteiger partial charge in [0.1, 0.15) is 0 Å². The zero-order valence-corrected chi connectivity index (χ0v) is 14.9. The average Bonchev–Trinajstić information content (AvgIpc) is 3.05. The Morgan fingerprint density at radius 3 is 2.88 bits per heavy atom. The van der Waals surface area contributed by atoms with Crippen molar-refractivity contribution in [2.75, 3.05) is 26.2 Å². The van der Waals surface area contributed by atoms with E-state index in [1.54, 1.807) is 0 Å². The summed E-state index contributed by atoms with van der Waals surface area (Å²) in [6.07, 6.45) is 8.09. The van der Waals surface area contributed by atoms with E-state index in [-0.39, 0.29) is 5.60 Å². The molecule has 0 unspecified atom stereocenters. The molecule has 4 rings (SSSR count). The summed E-state index contributed by atoms with van der Waals surface area (Å²) in [5, 5.41) is 0. The molecule has 1 atom stereocenters. The molecule has 1 saturated carbocycles. The first kappa shape index (κ1) is 16.5. The Bertz CT molecular complexity index is 550. The molecule has 2 aliphatic heterocycles. The monoisotopic (exact) mass is 330 g/mol. The Morgan fingerprint density at radius 1 is 1.25 bits per heavy atom. The van der Waals surface area contributed by atoms with Crippen molar-refractivity contribution in [3.63, 3.8) is 0 Å². The van der Waals surface area contributed by atoms with Crippen LogP contribution in [0.1, 0.15) is 49.9 Å². The van der Waals surface area contributed by atoms with Crippen LogP contribution in [0.25, 0.3) is 0 Å². The Balaban J connectivity index is 1.24. The van der Waals surface area contributed by atoms with Gasteiger partial charge in [0.15, 0.2) is 0 Å². The van der Waals surface area contributed by atoms with Crippen molar-refractivity contribution in [2.24, 2.45) is 5.92 Å². The molecule has 3 fully saturated rings.